The van der Waals surface area contributed by atoms with Gasteiger partial charge < -0.3 is 4.74 Å². The number of rotatable bonds is 4. The molecule has 0 aliphatic carbocycles. The van der Waals surface area contributed by atoms with E-state index in [0.717, 1.165) is 5.69 Å². The van der Waals surface area contributed by atoms with Crippen molar-refractivity contribution < 1.29 is 4.74 Å². The predicted molar refractivity (Wildman–Crippen MR) is 68.2 cm³/mol. The Bertz CT molecular complexity index is 705. The lowest BCUT2D eigenvalue weighted by Crippen LogP contribution is -2.14. The number of nitrogens with two attached hydrogens (primary N) is 1. The van der Waals surface area contributed by atoms with Crippen LogP contribution in [-0.4, -0.2) is 34.9 Å². The third kappa shape index (κ3) is 2.40. The molecule has 10 nitrogen and oxygen atoms in total. The van der Waals surface area contributed by atoms with Gasteiger partial charge in [0.2, 0.25) is 11.8 Å². The molecule has 0 atom stereocenters. The van der Waals surface area contributed by atoms with Crippen LogP contribution >= 0.6 is 0 Å². The van der Waals surface area contributed by atoms with Crippen LogP contribution in [0, 0.1) is 6.92 Å². The fourth-order valence-corrected chi connectivity index (χ4v) is 1.48. The lowest BCUT2D eigenvalue weighted by molar-refractivity contribution is 0.421. The maximum Gasteiger partial charge on any atom is 0.330 e. The van der Waals surface area contributed by atoms with E-state index in [1.165, 1.54) is 4.68 Å². The topological polar surface area (TPSA) is 132 Å². The lowest BCUT2D eigenvalue weighted by atomic mass is 10.5. The first-order valence-electron chi connectivity index (χ1n) is 5.67. The second kappa shape index (κ2) is 4.93. The first-order valence-corrected chi connectivity index (χ1v) is 5.67. The molecule has 0 saturated heterocycles. The number of hydrogen-bond donors (Lipinski definition) is 3. The zero-order valence-corrected chi connectivity index (χ0v) is 10.5. The van der Waals surface area contributed by atoms with Gasteiger partial charge in [0.1, 0.15) is 0 Å². The molecule has 20 heavy (non-hydrogen) atoms. The van der Waals surface area contributed by atoms with Gasteiger partial charge in [-0.15, -0.1) is 5.10 Å². The third-order valence-electron chi connectivity index (χ3n) is 2.32. The summed E-state index contributed by atoms with van der Waals surface area (Å²) in [5.74, 6) is 6.12. The van der Waals surface area contributed by atoms with Crippen LogP contribution in [0.1, 0.15) is 5.69 Å². The van der Waals surface area contributed by atoms with E-state index in [4.69, 9.17) is 10.6 Å². The summed E-state index contributed by atoms with van der Waals surface area (Å²) >= 11 is 0. The van der Waals surface area contributed by atoms with Crippen molar-refractivity contribution in [2.75, 3.05) is 5.43 Å². The molecule has 0 unspecified atom stereocenters. The van der Waals surface area contributed by atoms with Crippen molar-refractivity contribution in [2.45, 2.75) is 6.92 Å². The molecule has 0 saturated carbocycles. The Morgan fingerprint density at radius 2 is 2.25 bits per heavy atom. The minimum Gasteiger partial charge on any atom is -0.403 e. The Labute approximate surface area is 113 Å². The summed E-state index contributed by atoms with van der Waals surface area (Å²) in [5, 5.41) is 10.7. The molecule has 0 aromatic carbocycles. The monoisotopic (exact) mass is 273 g/mol. The van der Waals surface area contributed by atoms with E-state index < -0.39 is 0 Å². The quantitative estimate of drug-likeness (QED) is 0.452. The second-order valence-electron chi connectivity index (χ2n) is 3.83. The van der Waals surface area contributed by atoms with Gasteiger partial charge in [-0.3, -0.25) is 10.5 Å². The first-order chi connectivity index (χ1) is 9.74. The van der Waals surface area contributed by atoms with Crippen LogP contribution in [0.4, 0.5) is 5.95 Å². The summed E-state index contributed by atoms with van der Waals surface area (Å²) in [6.45, 7) is 1.86. The molecule has 102 valence electrons. The molecule has 0 fully saturated rings. The Balaban J connectivity index is 1.96. The highest BCUT2D eigenvalue weighted by Gasteiger charge is 2.11. The van der Waals surface area contributed by atoms with Crippen LogP contribution in [0.5, 0.6) is 11.9 Å². The Morgan fingerprint density at radius 1 is 1.35 bits per heavy atom. The number of ether oxygens (including phenoxy) is 1. The molecule has 0 spiro atoms. The molecule has 3 aromatic rings. The summed E-state index contributed by atoms with van der Waals surface area (Å²) in [4.78, 5) is 12.2. The largest absolute Gasteiger partial charge is 0.403 e. The smallest absolute Gasteiger partial charge is 0.330 e. The highest BCUT2D eigenvalue weighted by Crippen LogP contribution is 2.17. The molecular formula is C10H11N9O. The Kier molecular flexibility index (Phi) is 2.97. The zero-order chi connectivity index (χ0) is 13.9. The van der Waals surface area contributed by atoms with Crippen LogP contribution in [-0.2, 0) is 0 Å². The number of hydrogen-bond acceptors (Lipinski definition) is 8. The molecule has 0 amide bonds. The van der Waals surface area contributed by atoms with Gasteiger partial charge in [0.15, 0.2) is 0 Å². The molecule has 10 heteroatoms. The number of aryl methyl sites for hydroxylation is 1. The lowest BCUT2D eigenvalue weighted by Gasteiger charge is -2.05. The number of aromatic amines is 1. The van der Waals surface area contributed by atoms with Crippen molar-refractivity contribution in [3.05, 3.63) is 30.2 Å². The Hall–Kier alpha value is -3.01. The molecule has 3 aromatic heterocycles. The van der Waals surface area contributed by atoms with Crippen LogP contribution in [0.15, 0.2) is 24.5 Å². The predicted octanol–water partition coefficient (Wildman–Crippen LogP) is 0.167. The fraction of sp³-hybridized carbons (Fsp3) is 0.100. The number of H-pyrrole nitrogens is 1. The summed E-state index contributed by atoms with van der Waals surface area (Å²) in [7, 11) is 0. The number of anilines is 1. The summed E-state index contributed by atoms with van der Waals surface area (Å²) in [6.07, 6.45) is 3.30. The maximum atomic E-state index is 5.44. The average Bonchev–Trinajstić information content (AvgIpc) is 3.10. The summed E-state index contributed by atoms with van der Waals surface area (Å²) in [5.41, 5.74) is 3.21. The Morgan fingerprint density at radius 3 is 2.90 bits per heavy atom. The van der Waals surface area contributed by atoms with Crippen molar-refractivity contribution >= 4 is 5.95 Å². The van der Waals surface area contributed by atoms with E-state index in [-0.39, 0.29) is 17.9 Å². The van der Waals surface area contributed by atoms with Gasteiger partial charge in [0.25, 0.3) is 5.95 Å². The van der Waals surface area contributed by atoms with Crippen LogP contribution in [0.25, 0.3) is 5.95 Å². The SMILES string of the molecule is Cc1cc(Oc2nc(NN)nc(-n3cccn3)n2)n[nH]1. The highest BCUT2D eigenvalue weighted by molar-refractivity contribution is 5.29. The highest BCUT2D eigenvalue weighted by atomic mass is 16.5. The van der Waals surface area contributed by atoms with Crippen LogP contribution in [0.3, 0.4) is 0 Å². The normalized spacial score (nSPS) is 10.5. The molecule has 0 radical (unpaired) electrons. The van der Waals surface area contributed by atoms with Crippen LogP contribution in [0.2, 0.25) is 0 Å². The van der Waals surface area contributed by atoms with Crippen molar-refractivity contribution in [3.63, 3.8) is 0 Å². The number of aromatic nitrogens is 7. The molecule has 0 bridgehead atoms. The van der Waals surface area contributed by atoms with Gasteiger partial charge in [0.05, 0.1) is 0 Å². The van der Waals surface area contributed by atoms with Gasteiger partial charge in [-0.25, -0.2) is 10.5 Å². The van der Waals surface area contributed by atoms with Gasteiger partial charge in [-0.1, -0.05) is 0 Å². The van der Waals surface area contributed by atoms with E-state index >= 15 is 0 Å². The van der Waals surface area contributed by atoms with Crippen LogP contribution < -0.4 is 16.0 Å². The van der Waals surface area contributed by atoms with Gasteiger partial charge in [-0.2, -0.15) is 20.1 Å². The minimum atomic E-state index is 0.0601. The zero-order valence-electron chi connectivity index (χ0n) is 10.5. The van der Waals surface area contributed by atoms with Gasteiger partial charge >= 0.3 is 6.01 Å². The van der Waals surface area contributed by atoms with E-state index in [9.17, 15) is 0 Å². The molecule has 3 rings (SSSR count). The van der Waals surface area contributed by atoms with E-state index in [1.807, 2.05) is 6.92 Å². The standard InChI is InChI=1S/C10H11N9O/c1-6-5-7(18-17-6)20-10-14-8(16-11)13-9(15-10)19-4-2-3-12-19/h2-5H,11H2,1H3,(H,17,18)(H,13,14,15,16). The number of nitrogen functional groups attached to an aromatic ring is 1. The number of hydrazine groups is 1. The average molecular weight is 273 g/mol. The van der Waals surface area contributed by atoms with Crippen molar-refractivity contribution in [3.8, 4) is 17.8 Å². The van der Waals surface area contributed by atoms with Crippen molar-refractivity contribution in [2.24, 2.45) is 5.84 Å². The number of nitrogens with zero attached hydrogens (tertiary/aromatic N) is 6. The molecule has 0 aliphatic heterocycles. The van der Waals surface area contributed by atoms with E-state index in [2.05, 4.69) is 35.7 Å². The van der Waals surface area contributed by atoms with E-state index in [1.54, 1.807) is 24.5 Å². The third-order valence-corrected chi connectivity index (χ3v) is 2.32. The fourth-order valence-electron chi connectivity index (χ4n) is 1.48. The minimum absolute atomic E-state index is 0.0601. The summed E-state index contributed by atoms with van der Waals surface area (Å²) in [6, 6.07) is 3.52. The molecular weight excluding hydrogens is 262 g/mol. The summed E-state index contributed by atoms with van der Waals surface area (Å²) < 4.78 is 6.90. The van der Waals surface area contributed by atoms with Gasteiger partial charge in [0, 0.05) is 24.2 Å². The van der Waals surface area contributed by atoms with E-state index in [0.29, 0.717) is 5.88 Å². The molecule has 4 N–H and O–H groups in total. The first kappa shape index (κ1) is 12.0. The van der Waals surface area contributed by atoms with Crippen molar-refractivity contribution in [1.29, 1.82) is 0 Å². The maximum absolute atomic E-state index is 5.44. The molecule has 3 heterocycles. The van der Waals surface area contributed by atoms with Gasteiger partial charge in [-0.05, 0) is 13.0 Å². The van der Waals surface area contributed by atoms with Crippen molar-refractivity contribution in [1.82, 2.24) is 34.9 Å². The second-order valence-corrected chi connectivity index (χ2v) is 3.83. The molecule has 0 aliphatic rings. The number of nitrogens with one attached hydrogen (secondary N) is 2.